The molecule has 0 saturated carbocycles. The number of allylic oxidation sites excluding steroid dienone is 2. The molecule has 1 atom stereocenters. The molecule has 0 saturated heterocycles. The van der Waals surface area contributed by atoms with Crippen LogP contribution in [0.5, 0.6) is 0 Å². The van der Waals surface area contributed by atoms with Crippen molar-refractivity contribution < 1.29 is 0 Å². The van der Waals surface area contributed by atoms with Crippen molar-refractivity contribution in [1.82, 2.24) is 0 Å². The van der Waals surface area contributed by atoms with E-state index in [1.807, 2.05) is 17.8 Å². The molecule has 0 fully saturated rings. The lowest BCUT2D eigenvalue weighted by Gasteiger charge is -1.88. The quantitative estimate of drug-likeness (QED) is 0.520. The Kier molecular flexibility index (Phi) is 1.79. The van der Waals surface area contributed by atoms with Crippen molar-refractivity contribution in [1.29, 1.82) is 0 Å². The van der Waals surface area contributed by atoms with Gasteiger partial charge >= 0.3 is 0 Å². The van der Waals surface area contributed by atoms with Crippen LogP contribution < -0.4 is 0 Å². The summed E-state index contributed by atoms with van der Waals surface area (Å²) in [7, 11) is 0. The lowest BCUT2D eigenvalue weighted by Crippen LogP contribution is -1.83. The van der Waals surface area contributed by atoms with Gasteiger partial charge in [0, 0.05) is 10.7 Å². The van der Waals surface area contributed by atoms with E-state index < -0.39 is 0 Å². The van der Waals surface area contributed by atoms with Gasteiger partial charge in [0.25, 0.3) is 0 Å². The fourth-order valence-corrected chi connectivity index (χ4v) is 1.73. The van der Waals surface area contributed by atoms with Gasteiger partial charge in [0.2, 0.25) is 0 Å². The highest BCUT2D eigenvalue weighted by Crippen LogP contribution is 2.28. The fourth-order valence-electron chi connectivity index (χ4n) is 0.731. The van der Waals surface area contributed by atoms with Crippen molar-refractivity contribution in [2.45, 2.75) is 6.92 Å². The molecule has 0 spiro atoms. The normalized spacial score (nSPS) is 27.6. The maximum Gasteiger partial charge on any atom is 0.00408 e. The van der Waals surface area contributed by atoms with Crippen molar-refractivity contribution in [3.8, 4) is 0 Å². The van der Waals surface area contributed by atoms with Crippen LogP contribution >= 0.6 is 11.8 Å². The van der Waals surface area contributed by atoms with Gasteiger partial charge in [-0.05, 0) is 5.92 Å². The Balaban J connectivity index is 2.56. The van der Waals surface area contributed by atoms with Gasteiger partial charge in [-0.2, -0.15) is 0 Å². The van der Waals surface area contributed by atoms with Crippen LogP contribution in [0.3, 0.4) is 0 Å². The van der Waals surface area contributed by atoms with E-state index in [-0.39, 0.29) is 0 Å². The van der Waals surface area contributed by atoms with Gasteiger partial charge in [0.1, 0.15) is 0 Å². The molecule has 0 nitrogen and oxygen atoms in total. The summed E-state index contributed by atoms with van der Waals surface area (Å²) in [6.07, 6.45) is 4.19. The molecule has 0 radical (unpaired) electrons. The first-order chi connectivity index (χ1) is 3.83. The molecule has 1 heteroatoms. The van der Waals surface area contributed by atoms with E-state index in [2.05, 4.69) is 19.6 Å². The molecular weight excluding hydrogens is 116 g/mol. The molecule has 0 N–H and O–H groups in total. The first-order valence-electron chi connectivity index (χ1n) is 2.80. The topological polar surface area (TPSA) is 0 Å². The molecule has 1 heterocycles. The lowest BCUT2D eigenvalue weighted by atomic mass is 10.2. The van der Waals surface area contributed by atoms with E-state index in [1.54, 1.807) is 0 Å². The first-order valence-corrected chi connectivity index (χ1v) is 3.78. The third kappa shape index (κ3) is 1.16. The minimum absolute atomic E-state index is 0.757. The van der Waals surface area contributed by atoms with Crippen molar-refractivity contribution in [2.24, 2.45) is 5.92 Å². The Bertz CT molecular complexity index is 124. The molecular formula is C7H10S. The maximum atomic E-state index is 3.69. The second kappa shape index (κ2) is 2.40. The summed E-state index contributed by atoms with van der Waals surface area (Å²) < 4.78 is 0. The third-order valence-corrected chi connectivity index (χ3v) is 2.49. The van der Waals surface area contributed by atoms with Gasteiger partial charge in [-0.3, -0.25) is 0 Å². The van der Waals surface area contributed by atoms with Crippen LogP contribution in [0.2, 0.25) is 0 Å². The fraction of sp³-hybridized carbons (Fsp3) is 0.429. The second-order valence-corrected chi connectivity index (χ2v) is 3.15. The zero-order valence-corrected chi connectivity index (χ0v) is 5.87. The smallest absolute Gasteiger partial charge is 0.00408 e. The highest BCUT2D eigenvalue weighted by Gasteiger charge is 2.07. The third-order valence-electron chi connectivity index (χ3n) is 1.16. The molecule has 8 heavy (non-hydrogen) atoms. The first kappa shape index (κ1) is 5.96. The van der Waals surface area contributed by atoms with Crippen LogP contribution in [0.25, 0.3) is 0 Å². The lowest BCUT2D eigenvalue weighted by molar-refractivity contribution is 0.859. The van der Waals surface area contributed by atoms with Crippen molar-refractivity contribution in [3.63, 3.8) is 0 Å². The number of hydrogen-bond donors (Lipinski definition) is 0. The van der Waals surface area contributed by atoms with Crippen LogP contribution in [0.1, 0.15) is 6.92 Å². The number of thioether (sulfide) groups is 1. The van der Waals surface area contributed by atoms with E-state index in [4.69, 9.17) is 0 Å². The average Bonchev–Trinajstić information content (AvgIpc) is 2.14. The average molecular weight is 126 g/mol. The molecule has 0 bridgehead atoms. The van der Waals surface area contributed by atoms with E-state index in [0.717, 1.165) is 5.92 Å². The zero-order valence-electron chi connectivity index (χ0n) is 5.05. The summed E-state index contributed by atoms with van der Waals surface area (Å²) in [5.41, 5.74) is 0. The standard InChI is InChI=1S/C7H10S/c1-3-7-4-6(2)5-8-7/h3-4,6H,1,5H2,2H3. The van der Waals surface area contributed by atoms with Crippen LogP contribution in [-0.2, 0) is 0 Å². The molecule has 44 valence electrons. The molecule has 0 aromatic rings. The Labute approximate surface area is 54.7 Å². The second-order valence-electron chi connectivity index (χ2n) is 2.06. The summed E-state index contributed by atoms with van der Waals surface area (Å²) in [5.74, 6) is 1.99. The summed E-state index contributed by atoms with van der Waals surface area (Å²) in [4.78, 5) is 1.34. The highest BCUT2D eigenvalue weighted by molar-refractivity contribution is 8.03. The Morgan fingerprint density at radius 1 is 2.00 bits per heavy atom. The molecule has 1 rings (SSSR count). The molecule has 0 aliphatic carbocycles. The molecule has 1 aliphatic rings. The molecule has 1 unspecified atom stereocenters. The zero-order chi connectivity index (χ0) is 5.98. The molecule has 0 aromatic heterocycles. The largest absolute Gasteiger partial charge is 0.126 e. The van der Waals surface area contributed by atoms with Gasteiger partial charge in [0.05, 0.1) is 0 Å². The van der Waals surface area contributed by atoms with Crippen LogP contribution in [0.15, 0.2) is 23.6 Å². The predicted octanol–water partition coefficient (Wildman–Crippen LogP) is 2.44. The van der Waals surface area contributed by atoms with E-state index in [9.17, 15) is 0 Å². The minimum atomic E-state index is 0.757. The minimum Gasteiger partial charge on any atom is -0.126 e. The van der Waals surface area contributed by atoms with Gasteiger partial charge in [-0.1, -0.05) is 25.7 Å². The molecule has 0 aromatic carbocycles. The van der Waals surface area contributed by atoms with E-state index in [1.165, 1.54) is 10.7 Å². The van der Waals surface area contributed by atoms with E-state index in [0.29, 0.717) is 0 Å². The van der Waals surface area contributed by atoms with Gasteiger partial charge < -0.3 is 0 Å². The Hall–Kier alpha value is -0.170. The van der Waals surface area contributed by atoms with Gasteiger partial charge in [-0.15, -0.1) is 11.8 Å². The summed E-state index contributed by atoms with van der Waals surface area (Å²) in [6, 6.07) is 0. The van der Waals surface area contributed by atoms with Crippen LogP contribution in [-0.4, -0.2) is 5.75 Å². The molecule has 1 aliphatic heterocycles. The maximum absolute atomic E-state index is 3.69. The highest BCUT2D eigenvalue weighted by atomic mass is 32.2. The van der Waals surface area contributed by atoms with Crippen molar-refractivity contribution >= 4 is 11.8 Å². The summed E-state index contributed by atoms with van der Waals surface area (Å²) >= 11 is 1.89. The predicted molar refractivity (Wildman–Crippen MR) is 39.9 cm³/mol. The van der Waals surface area contributed by atoms with Gasteiger partial charge in [0.15, 0.2) is 0 Å². The van der Waals surface area contributed by atoms with Crippen LogP contribution in [0.4, 0.5) is 0 Å². The summed E-state index contributed by atoms with van der Waals surface area (Å²) in [5, 5.41) is 0. The number of rotatable bonds is 1. The van der Waals surface area contributed by atoms with E-state index >= 15 is 0 Å². The summed E-state index contributed by atoms with van der Waals surface area (Å²) in [6.45, 7) is 5.91. The number of hydrogen-bond acceptors (Lipinski definition) is 1. The molecule has 0 amide bonds. The Morgan fingerprint density at radius 3 is 3.00 bits per heavy atom. The monoisotopic (exact) mass is 126 g/mol. The van der Waals surface area contributed by atoms with Crippen molar-refractivity contribution in [2.75, 3.05) is 5.75 Å². The Morgan fingerprint density at radius 2 is 2.75 bits per heavy atom. The van der Waals surface area contributed by atoms with Crippen LogP contribution in [0, 0.1) is 5.92 Å². The van der Waals surface area contributed by atoms with Crippen molar-refractivity contribution in [3.05, 3.63) is 23.6 Å². The SMILES string of the molecule is C=CC1=CC(C)CS1. The van der Waals surface area contributed by atoms with Gasteiger partial charge in [-0.25, -0.2) is 0 Å².